The Morgan fingerprint density at radius 3 is 2.78 bits per heavy atom. The maximum Gasteiger partial charge on any atom is 0.280 e. The van der Waals surface area contributed by atoms with E-state index in [1.807, 2.05) is 12.1 Å². The molecule has 0 saturated heterocycles. The van der Waals surface area contributed by atoms with Gasteiger partial charge in [0.05, 0.1) is 29.2 Å². The lowest BCUT2D eigenvalue weighted by molar-refractivity contribution is 0.0920. The first kappa shape index (κ1) is 23.6. The molecule has 1 saturated carbocycles. The summed E-state index contributed by atoms with van der Waals surface area (Å²) in [5, 5.41) is 11.6. The molecule has 1 aromatic carbocycles. The van der Waals surface area contributed by atoms with Gasteiger partial charge in [0.2, 0.25) is 0 Å². The fourth-order valence-corrected chi connectivity index (χ4v) is 5.73. The predicted molar refractivity (Wildman–Crippen MR) is 140 cm³/mol. The molecule has 0 bridgehead atoms. The third kappa shape index (κ3) is 4.70. The van der Waals surface area contributed by atoms with Crippen LogP contribution in [0.4, 0.5) is 4.39 Å². The number of nitrogens with zero attached hydrogens (tertiary/aromatic N) is 6. The normalized spacial score (nSPS) is 17.7. The van der Waals surface area contributed by atoms with Gasteiger partial charge in [0.25, 0.3) is 5.91 Å². The van der Waals surface area contributed by atoms with Crippen molar-refractivity contribution < 1.29 is 9.18 Å². The minimum absolute atomic E-state index is 0.0179. The van der Waals surface area contributed by atoms with Crippen LogP contribution in [0, 0.1) is 5.82 Å². The summed E-state index contributed by atoms with van der Waals surface area (Å²) in [6, 6.07) is 12.1. The average Bonchev–Trinajstić information content (AvgIpc) is 3.53. The number of pyridine rings is 1. The van der Waals surface area contributed by atoms with Crippen LogP contribution < -0.4 is 5.32 Å². The van der Waals surface area contributed by atoms with E-state index in [1.165, 1.54) is 12.3 Å². The van der Waals surface area contributed by atoms with Crippen LogP contribution in [0.3, 0.4) is 0 Å². The summed E-state index contributed by atoms with van der Waals surface area (Å²) in [7, 11) is 0. The van der Waals surface area contributed by atoms with Crippen LogP contribution in [-0.4, -0.2) is 41.7 Å². The van der Waals surface area contributed by atoms with E-state index in [-0.39, 0.29) is 23.8 Å². The molecule has 8 nitrogen and oxygen atoms in total. The third-order valence-electron chi connectivity index (χ3n) is 6.54. The second-order valence-corrected chi connectivity index (χ2v) is 10.6. The standard InChI is InChI=1S/C26H21ClFN7OS/c27-23-14-30-26(37-23)25(36)32-15-5-3-6-16(11-15)35-22-12-20(19-9-4-10-31-34-19)29-13-21(22)33-24(35)17-7-1-2-8-18(17)28/h1-2,4,7-10,12-16H,3,5-6,11H2,(H,32,36)/t15-,16+/m0/s1. The first-order valence-electron chi connectivity index (χ1n) is 11.9. The lowest BCUT2D eigenvalue weighted by atomic mass is 9.90. The number of aromatic nitrogens is 6. The van der Waals surface area contributed by atoms with Crippen molar-refractivity contribution in [3.63, 3.8) is 0 Å². The average molecular weight is 534 g/mol. The molecule has 6 rings (SSSR count). The Kier molecular flexibility index (Phi) is 6.35. The maximum absolute atomic E-state index is 15.0. The summed E-state index contributed by atoms with van der Waals surface area (Å²) in [5.74, 6) is -0.0427. The van der Waals surface area contributed by atoms with Crippen LogP contribution in [0.1, 0.15) is 41.5 Å². The Bertz CT molecular complexity index is 1590. The van der Waals surface area contributed by atoms with Gasteiger partial charge in [-0.25, -0.2) is 14.4 Å². The number of thiazole rings is 1. The highest BCUT2D eigenvalue weighted by atomic mass is 35.5. The van der Waals surface area contributed by atoms with Crippen molar-refractivity contribution in [1.29, 1.82) is 0 Å². The van der Waals surface area contributed by atoms with E-state index in [0.717, 1.165) is 36.1 Å². The van der Waals surface area contributed by atoms with Gasteiger partial charge in [-0.05, 0) is 56.0 Å². The van der Waals surface area contributed by atoms with E-state index >= 15 is 0 Å². The highest BCUT2D eigenvalue weighted by molar-refractivity contribution is 7.17. The molecule has 4 aromatic heterocycles. The van der Waals surface area contributed by atoms with Gasteiger partial charge in [0, 0.05) is 18.3 Å². The van der Waals surface area contributed by atoms with Gasteiger partial charge in [0.15, 0.2) is 5.01 Å². The van der Waals surface area contributed by atoms with Crippen LogP contribution in [0.25, 0.3) is 33.8 Å². The number of hydrogen-bond acceptors (Lipinski definition) is 7. The molecule has 4 heterocycles. The first-order valence-corrected chi connectivity index (χ1v) is 13.1. The Morgan fingerprint density at radius 2 is 2.00 bits per heavy atom. The highest BCUT2D eigenvalue weighted by Crippen LogP contribution is 2.37. The van der Waals surface area contributed by atoms with Crippen LogP contribution >= 0.6 is 22.9 Å². The highest BCUT2D eigenvalue weighted by Gasteiger charge is 2.29. The summed E-state index contributed by atoms with van der Waals surface area (Å²) < 4.78 is 17.5. The van der Waals surface area contributed by atoms with E-state index in [2.05, 4.69) is 30.0 Å². The molecule has 0 aliphatic heterocycles. The third-order valence-corrected chi connectivity index (χ3v) is 7.66. The lowest BCUT2D eigenvalue weighted by Crippen LogP contribution is -2.39. The molecule has 1 amide bonds. The topological polar surface area (TPSA) is 98.5 Å². The largest absolute Gasteiger partial charge is 0.347 e. The van der Waals surface area contributed by atoms with Crippen LogP contribution in [0.5, 0.6) is 0 Å². The summed E-state index contributed by atoms with van der Waals surface area (Å²) in [6.07, 6.45) is 8.05. The smallest absolute Gasteiger partial charge is 0.280 e. The zero-order valence-electron chi connectivity index (χ0n) is 19.5. The molecule has 1 N–H and O–H groups in total. The number of halogens is 2. The van der Waals surface area contributed by atoms with Gasteiger partial charge in [0.1, 0.15) is 27.2 Å². The zero-order chi connectivity index (χ0) is 25.4. The first-order chi connectivity index (χ1) is 18.1. The Labute approximate surface area is 220 Å². The van der Waals surface area contributed by atoms with Gasteiger partial charge >= 0.3 is 0 Å². The van der Waals surface area contributed by atoms with Crippen molar-refractivity contribution in [3.05, 3.63) is 76.2 Å². The number of benzene rings is 1. The van der Waals surface area contributed by atoms with E-state index < -0.39 is 0 Å². The molecule has 1 aliphatic carbocycles. The second-order valence-electron chi connectivity index (χ2n) is 8.91. The second kappa shape index (κ2) is 9.95. The Morgan fingerprint density at radius 1 is 1.11 bits per heavy atom. The van der Waals surface area contributed by atoms with Crippen molar-refractivity contribution in [1.82, 2.24) is 35.0 Å². The van der Waals surface area contributed by atoms with Crippen molar-refractivity contribution in [2.24, 2.45) is 0 Å². The van der Waals surface area contributed by atoms with Gasteiger partial charge in [-0.15, -0.1) is 5.10 Å². The van der Waals surface area contributed by atoms with Crippen molar-refractivity contribution >= 4 is 39.9 Å². The molecule has 1 fully saturated rings. The van der Waals surface area contributed by atoms with Gasteiger partial charge in [-0.1, -0.05) is 35.1 Å². The van der Waals surface area contributed by atoms with Gasteiger partial charge in [-0.2, -0.15) is 5.10 Å². The fourth-order valence-electron chi connectivity index (χ4n) is 4.92. The molecule has 11 heteroatoms. The van der Waals surface area contributed by atoms with Crippen LogP contribution in [-0.2, 0) is 0 Å². The summed E-state index contributed by atoms with van der Waals surface area (Å²) in [4.78, 5) is 26.2. The van der Waals surface area contributed by atoms with Crippen molar-refractivity contribution in [3.8, 4) is 22.8 Å². The molecule has 0 radical (unpaired) electrons. The number of carbonyl (C=O) groups is 1. The molecule has 37 heavy (non-hydrogen) atoms. The fraction of sp³-hybridized carbons (Fsp3) is 0.231. The number of hydrogen-bond donors (Lipinski definition) is 1. The number of amides is 1. The van der Waals surface area contributed by atoms with Crippen molar-refractivity contribution in [2.75, 3.05) is 0 Å². The molecule has 2 atom stereocenters. The molecule has 0 unspecified atom stereocenters. The molecular formula is C26H21ClFN7OS. The molecule has 186 valence electrons. The number of imidazole rings is 1. The zero-order valence-corrected chi connectivity index (χ0v) is 21.1. The quantitative estimate of drug-likeness (QED) is 0.310. The van der Waals surface area contributed by atoms with E-state index in [9.17, 15) is 9.18 Å². The maximum atomic E-state index is 15.0. The monoisotopic (exact) mass is 533 g/mol. The van der Waals surface area contributed by atoms with Crippen molar-refractivity contribution in [2.45, 2.75) is 37.8 Å². The van der Waals surface area contributed by atoms with Crippen LogP contribution in [0.2, 0.25) is 4.34 Å². The van der Waals surface area contributed by atoms with E-state index in [0.29, 0.717) is 44.1 Å². The summed E-state index contributed by atoms with van der Waals surface area (Å²) in [5.41, 5.74) is 3.21. The minimum Gasteiger partial charge on any atom is -0.347 e. The number of nitrogens with one attached hydrogen (secondary N) is 1. The summed E-state index contributed by atoms with van der Waals surface area (Å²) >= 11 is 7.11. The molecular weight excluding hydrogens is 513 g/mol. The number of rotatable bonds is 5. The van der Waals surface area contributed by atoms with Gasteiger partial charge in [-0.3, -0.25) is 9.78 Å². The lowest BCUT2D eigenvalue weighted by Gasteiger charge is -2.32. The molecule has 1 aliphatic rings. The summed E-state index contributed by atoms with van der Waals surface area (Å²) in [6.45, 7) is 0. The number of fused-ring (bicyclic) bond motifs is 1. The molecule has 0 spiro atoms. The van der Waals surface area contributed by atoms with Gasteiger partial charge < -0.3 is 9.88 Å². The number of carbonyl (C=O) groups excluding carboxylic acids is 1. The Balaban J connectivity index is 1.41. The molecule has 5 aromatic rings. The van der Waals surface area contributed by atoms with Crippen LogP contribution in [0.15, 0.2) is 61.1 Å². The predicted octanol–water partition coefficient (Wildman–Crippen LogP) is 5.72. The van der Waals surface area contributed by atoms with E-state index in [1.54, 1.807) is 36.7 Å². The van der Waals surface area contributed by atoms with E-state index in [4.69, 9.17) is 16.6 Å². The minimum atomic E-state index is -0.345. The SMILES string of the molecule is O=C(N[C@H]1CCC[C@@H](n2c(-c3ccccc3F)nc3cnc(-c4cccnn4)cc32)C1)c1ncc(Cl)s1. The Hall–Kier alpha value is -3.76.